The Hall–Kier alpha value is -2.97. The Kier molecular flexibility index (Phi) is 6.23. The highest BCUT2D eigenvalue weighted by atomic mass is 32.2. The van der Waals surface area contributed by atoms with Crippen LogP contribution in [0.2, 0.25) is 0 Å². The molecule has 2 aromatic carbocycles. The molecule has 7 nitrogen and oxygen atoms in total. The molecule has 0 atom stereocenters. The number of hydrogen-bond acceptors (Lipinski definition) is 4. The SMILES string of the molecule is Cc1ccc(S(=O)(=O)NCCNC(=O)c2cnn(Cc3ccccc3)c2)cc1. The van der Waals surface area contributed by atoms with Gasteiger partial charge in [0.2, 0.25) is 10.0 Å². The molecule has 0 aliphatic rings. The smallest absolute Gasteiger partial charge is 0.254 e. The molecule has 1 amide bonds. The van der Waals surface area contributed by atoms with Crippen LogP contribution in [-0.4, -0.2) is 37.2 Å². The first-order valence-electron chi connectivity index (χ1n) is 8.85. The van der Waals surface area contributed by atoms with Gasteiger partial charge in [-0.2, -0.15) is 5.10 Å². The van der Waals surface area contributed by atoms with E-state index in [1.165, 1.54) is 6.20 Å². The van der Waals surface area contributed by atoms with Gasteiger partial charge in [-0.25, -0.2) is 13.1 Å². The Labute approximate surface area is 164 Å². The standard InChI is InChI=1S/C20H22N4O3S/c1-16-7-9-19(10-8-16)28(26,27)23-12-11-21-20(25)18-13-22-24(15-18)14-17-5-3-2-4-6-17/h2-10,13,15,23H,11-12,14H2,1H3,(H,21,25). The lowest BCUT2D eigenvalue weighted by Crippen LogP contribution is -2.34. The van der Waals surface area contributed by atoms with E-state index in [0.29, 0.717) is 12.1 Å². The van der Waals surface area contributed by atoms with Gasteiger partial charge in [0, 0.05) is 19.3 Å². The minimum atomic E-state index is -3.59. The van der Waals surface area contributed by atoms with Gasteiger partial charge in [0.15, 0.2) is 0 Å². The summed E-state index contributed by atoms with van der Waals surface area (Å²) in [6.45, 7) is 2.74. The van der Waals surface area contributed by atoms with Gasteiger partial charge in [-0.15, -0.1) is 0 Å². The van der Waals surface area contributed by atoms with Crippen molar-refractivity contribution in [2.75, 3.05) is 13.1 Å². The molecule has 0 aliphatic heterocycles. The molecule has 0 fully saturated rings. The van der Waals surface area contributed by atoms with E-state index in [2.05, 4.69) is 15.1 Å². The molecule has 2 N–H and O–H groups in total. The van der Waals surface area contributed by atoms with Crippen LogP contribution in [0.15, 0.2) is 71.9 Å². The summed E-state index contributed by atoms with van der Waals surface area (Å²) >= 11 is 0. The van der Waals surface area contributed by atoms with Gasteiger partial charge >= 0.3 is 0 Å². The van der Waals surface area contributed by atoms with Crippen LogP contribution in [0, 0.1) is 6.92 Å². The number of nitrogens with one attached hydrogen (secondary N) is 2. The number of carbonyl (C=O) groups excluding carboxylic acids is 1. The maximum Gasteiger partial charge on any atom is 0.254 e. The van der Waals surface area contributed by atoms with E-state index in [1.807, 2.05) is 37.3 Å². The van der Waals surface area contributed by atoms with Crippen LogP contribution in [0.1, 0.15) is 21.5 Å². The van der Waals surface area contributed by atoms with E-state index in [0.717, 1.165) is 11.1 Å². The Bertz CT molecular complexity index is 1030. The van der Waals surface area contributed by atoms with Crippen LogP contribution in [0.3, 0.4) is 0 Å². The van der Waals surface area contributed by atoms with Crippen molar-refractivity contribution in [3.05, 3.63) is 83.7 Å². The average Bonchev–Trinajstić information content (AvgIpc) is 3.15. The summed E-state index contributed by atoms with van der Waals surface area (Å²) in [6.07, 6.45) is 3.16. The highest BCUT2D eigenvalue weighted by molar-refractivity contribution is 7.89. The number of aromatic nitrogens is 2. The minimum absolute atomic E-state index is 0.0973. The Morgan fingerprint density at radius 1 is 1.04 bits per heavy atom. The molecule has 1 aromatic heterocycles. The molecule has 0 saturated carbocycles. The van der Waals surface area contributed by atoms with E-state index < -0.39 is 10.0 Å². The normalized spacial score (nSPS) is 11.3. The lowest BCUT2D eigenvalue weighted by molar-refractivity contribution is 0.0954. The summed E-state index contributed by atoms with van der Waals surface area (Å²) in [4.78, 5) is 12.4. The third-order valence-corrected chi connectivity index (χ3v) is 5.59. The zero-order valence-corrected chi connectivity index (χ0v) is 16.3. The van der Waals surface area contributed by atoms with Crippen LogP contribution in [-0.2, 0) is 16.6 Å². The van der Waals surface area contributed by atoms with Crippen LogP contribution in [0.4, 0.5) is 0 Å². The molecule has 0 bridgehead atoms. The summed E-state index contributed by atoms with van der Waals surface area (Å²) in [7, 11) is -3.59. The predicted octanol–water partition coefficient (Wildman–Crippen LogP) is 1.95. The summed E-state index contributed by atoms with van der Waals surface area (Å²) in [6, 6.07) is 16.4. The summed E-state index contributed by atoms with van der Waals surface area (Å²) in [5.74, 6) is -0.297. The van der Waals surface area contributed by atoms with E-state index in [1.54, 1.807) is 35.1 Å². The second kappa shape index (κ2) is 8.81. The maximum atomic E-state index is 12.2. The number of rotatable bonds is 8. The number of sulfonamides is 1. The average molecular weight is 398 g/mol. The third kappa shape index (κ3) is 5.28. The summed E-state index contributed by atoms with van der Waals surface area (Å²) < 4.78 is 28.6. The largest absolute Gasteiger partial charge is 0.351 e. The van der Waals surface area contributed by atoms with Crippen LogP contribution < -0.4 is 10.0 Å². The number of carbonyl (C=O) groups is 1. The van der Waals surface area contributed by atoms with Gasteiger partial charge in [-0.3, -0.25) is 9.48 Å². The van der Waals surface area contributed by atoms with Gasteiger partial charge in [-0.05, 0) is 24.6 Å². The topological polar surface area (TPSA) is 93.1 Å². The number of nitrogens with zero attached hydrogens (tertiary/aromatic N) is 2. The Morgan fingerprint density at radius 2 is 1.75 bits per heavy atom. The van der Waals surface area contributed by atoms with Crippen molar-refractivity contribution in [2.24, 2.45) is 0 Å². The van der Waals surface area contributed by atoms with Crippen molar-refractivity contribution >= 4 is 15.9 Å². The Balaban J connectivity index is 1.47. The predicted molar refractivity (Wildman–Crippen MR) is 106 cm³/mol. The molecule has 1 heterocycles. The molecular formula is C20H22N4O3S. The van der Waals surface area contributed by atoms with Crippen molar-refractivity contribution in [1.82, 2.24) is 19.8 Å². The van der Waals surface area contributed by atoms with Crippen molar-refractivity contribution in [3.63, 3.8) is 0 Å². The lowest BCUT2D eigenvalue weighted by atomic mass is 10.2. The molecular weight excluding hydrogens is 376 g/mol. The van der Waals surface area contributed by atoms with Crippen molar-refractivity contribution < 1.29 is 13.2 Å². The minimum Gasteiger partial charge on any atom is -0.351 e. The van der Waals surface area contributed by atoms with Crippen molar-refractivity contribution in [2.45, 2.75) is 18.4 Å². The molecule has 8 heteroatoms. The highest BCUT2D eigenvalue weighted by Crippen LogP contribution is 2.09. The fourth-order valence-corrected chi connectivity index (χ4v) is 3.63. The first-order chi connectivity index (χ1) is 13.4. The van der Waals surface area contributed by atoms with Crippen molar-refractivity contribution in [1.29, 1.82) is 0 Å². The monoisotopic (exact) mass is 398 g/mol. The van der Waals surface area contributed by atoms with Gasteiger partial charge in [0.25, 0.3) is 5.91 Å². The van der Waals surface area contributed by atoms with Gasteiger partial charge in [0.05, 0.1) is 23.2 Å². The van der Waals surface area contributed by atoms with Crippen LogP contribution in [0.5, 0.6) is 0 Å². The molecule has 0 saturated heterocycles. The molecule has 3 aromatic rings. The number of hydrogen-bond donors (Lipinski definition) is 2. The van der Waals surface area contributed by atoms with E-state index in [9.17, 15) is 13.2 Å². The molecule has 0 unspecified atom stereocenters. The number of amides is 1. The van der Waals surface area contributed by atoms with Gasteiger partial charge in [0.1, 0.15) is 0 Å². The number of aryl methyl sites for hydroxylation is 1. The first-order valence-corrected chi connectivity index (χ1v) is 10.3. The quantitative estimate of drug-likeness (QED) is 0.567. The molecule has 3 rings (SSSR count). The molecule has 0 aliphatic carbocycles. The molecule has 28 heavy (non-hydrogen) atoms. The van der Waals surface area contributed by atoms with E-state index in [4.69, 9.17) is 0 Å². The zero-order chi connectivity index (χ0) is 20.0. The molecule has 146 valence electrons. The maximum absolute atomic E-state index is 12.2. The van der Waals surface area contributed by atoms with Crippen LogP contribution in [0.25, 0.3) is 0 Å². The van der Waals surface area contributed by atoms with Crippen molar-refractivity contribution in [3.8, 4) is 0 Å². The zero-order valence-electron chi connectivity index (χ0n) is 15.5. The Morgan fingerprint density at radius 3 is 2.46 bits per heavy atom. The van der Waals surface area contributed by atoms with E-state index in [-0.39, 0.29) is 23.9 Å². The summed E-state index contributed by atoms with van der Waals surface area (Å²) in [5, 5.41) is 6.88. The highest BCUT2D eigenvalue weighted by Gasteiger charge is 2.13. The van der Waals surface area contributed by atoms with Gasteiger partial charge < -0.3 is 5.32 Å². The van der Waals surface area contributed by atoms with E-state index >= 15 is 0 Å². The molecule has 0 radical (unpaired) electrons. The summed E-state index contributed by atoms with van der Waals surface area (Å²) in [5.41, 5.74) is 2.50. The molecule has 0 spiro atoms. The third-order valence-electron chi connectivity index (χ3n) is 4.12. The fourth-order valence-electron chi connectivity index (χ4n) is 2.60. The fraction of sp³-hybridized carbons (Fsp3) is 0.200. The number of benzene rings is 2. The second-order valence-electron chi connectivity index (χ2n) is 6.38. The first kappa shape index (κ1) is 19.8. The second-order valence-corrected chi connectivity index (χ2v) is 8.15. The van der Waals surface area contributed by atoms with Crippen LogP contribution >= 0.6 is 0 Å². The lowest BCUT2D eigenvalue weighted by Gasteiger charge is -2.08. The van der Waals surface area contributed by atoms with Gasteiger partial charge in [-0.1, -0.05) is 48.0 Å².